The Balaban J connectivity index is 1.64. The number of hydrogen-bond donors (Lipinski definition) is 1. The maximum absolute atomic E-state index is 11.8. The SMILES string of the molecule is Cc1ccc(CC(O)(Cc2ccc(C)cc2)[C@H]2COC(c3ccccc3)=N2)cc1. The van der Waals surface area contributed by atoms with E-state index in [4.69, 9.17) is 9.73 Å². The van der Waals surface area contributed by atoms with Crippen LogP contribution in [0.15, 0.2) is 83.9 Å². The zero-order valence-corrected chi connectivity index (χ0v) is 17.0. The summed E-state index contributed by atoms with van der Waals surface area (Å²) in [5.74, 6) is 0.613. The van der Waals surface area contributed by atoms with Crippen molar-refractivity contribution in [3.05, 3.63) is 107 Å². The Labute approximate surface area is 172 Å². The lowest BCUT2D eigenvalue weighted by Gasteiger charge is -2.32. The van der Waals surface area contributed by atoms with E-state index in [-0.39, 0.29) is 6.04 Å². The lowest BCUT2D eigenvalue weighted by Crippen LogP contribution is -2.46. The maximum Gasteiger partial charge on any atom is 0.216 e. The first-order valence-electron chi connectivity index (χ1n) is 10.1. The zero-order valence-electron chi connectivity index (χ0n) is 17.0. The normalized spacial score (nSPS) is 16.4. The van der Waals surface area contributed by atoms with E-state index in [0.717, 1.165) is 16.7 Å². The molecule has 1 heterocycles. The molecule has 0 radical (unpaired) electrons. The van der Waals surface area contributed by atoms with Crippen LogP contribution < -0.4 is 0 Å². The molecule has 1 atom stereocenters. The van der Waals surface area contributed by atoms with Gasteiger partial charge in [0.15, 0.2) is 0 Å². The smallest absolute Gasteiger partial charge is 0.216 e. The van der Waals surface area contributed by atoms with Crippen molar-refractivity contribution in [2.75, 3.05) is 6.61 Å². The van der Waals surface area contributed by atoms with Crippen LogP contribution in [0.5, 0.6) is 0 Å². The fourth-order valence-corrected chi connectivity index (χ4v) is 3.80. The summed E-state index contributed by atoms with van der Waals surface area (Å²) in [6.07, 6.45) is 1.06. The molecule has 0 bridgehead atoms. The van der Waals surface area contributed by atoms with Gasteiger partial charge in [-0.3, -0.25) is 0 Å². The summed E-state index contributed by atoms with van der Waals surface area (Å²) in [7, 11) is 0. The molecule has 1 N–H and O–H groups in total. The number of ether oxygens (including phenoxy) is 1. The zero-order chi connectivity index (χ0) is 20.3. The fourth-order valence-electron chi connectivity index (χ4n) is 3.80. The predicted octanol–water partition coefficient (Wildman–Crippen LogP) is 4.67. The van der Waals surface area contributed by atoms with Crippen LogP contribution in [0.3, 0.4) is 0 Å². The quantitative estimate of drug-likeness (QED) is 0.670. The van der Waals surface area contributed by atoms with E-state index in [9.17, 15) is 5.11 Å². The summed E-state index contributed by atoms with van der Waals surface area (Å²) in [5.41, 5.74) is 4.56. The molecule has 1 aliphatic rings. The average Bonchev–Trinajstić information content (AvgIpc) is 3.24. The lowest BCUT2D eigenvalue weighted by molar-refractivity contribution is 0.00805. The molecule has 3 heteroatoms. The number of benzene rings is 3. The van der Waals surface area contributed by atoms with Crippen molar-refractivity contribution < 1.29 is 9.84 Å². The van der Waals surface area contributed by atoms with Crippen molar-refractivity contribution in [3.63, 3.8) is 0 Å². The van der Waals surface area contributed by atoms with Crippen molar-refractivity contribution >= 4 is 5.90 Å². The van der Waals surface area contributed by atoms with Crippen molar-refractivity contribution in [2.45, 2.75) is 38.3 Å². The minimum absolute atomic E-state index is 0.319. The summed E-state index contributed by atoms with van der Waals surface area (Å²) in [5, 5.41) is 11.8. The molecule has 1 aliphatic heterocycles. The second-order valence-corrected chi connectivity index (χ2v) is 8.06. The molecule has 0 saturated heterocycles. The second kappa shape index (κ2) is 8.22. The first-order valence-corrected chi connectivity index (χ1v) is 10.1. The molecule has 0 spiro atoms. The highest BCUT2D eigenvalue weighted by Gasteiger charge is 2.41. The first-order chi connectivity index (χ1) is 14.0. The Morgan fingerprint density at radius 3 is 1.86 bits per heavy atom. The van der Waals surface area contributed by atoms with Gasteiger partial charge < -0.3 is 9.84 Å². The number of hydrogen-bond acceptors (Lipinski definition) is 3. The summed E-state index contributed by atoms with van der Waals surface area (Å²) >= 11 is 0. The first kappa shape index (κ1) is 19.4. The second-order valence-electron chi connectivity index (χ2n) is 8.06. The third-order valence-corrected chi connectivity index (χ3v) is 5.55. The van der Waals surface area contributed by atoms with Gasteiger partial charge in [-0.05, 0) is 37.1 Å². The van der Waals surface area contributed by atoms with Gasteiger partial charge in [0.1, 0.15) is 12.6 Å². The Kier molecular flexibility index (Phi) is 5.50. The van der Waals surface area contributed by atoms with Gasteiger partial charge >= 0.3 is 0 Å². The van der Waals surface area contributed by atoms with Gasteiger partial charge in [0.25, 0.3) is 0 Å². The molecule has 0 fully saturated rings. The third-order valence-electron chi connectivity index (χ3n) is 5.55. The van der Waals surface area contributed by atoms with Gasteiger partial charge in [-0.1, -0.05) is 77.9 Å². The third kappa shape index (κ3) is 4.57. The minimum atomic E-state index is -1.03. The van der Waals surface area contributed by atoms with E-state index in [1.54, 1.807) is 0 Å². The molecule has 0 aromatic heterocycles. The van der Waals surface area contributed by atoms with Crippen LogP contribution in [0.4, 0.5) is 0 Å². The van der Waals surface area contributed by atoms with E-state index in [1.807, 2.05) is 30.3 Å². The molecule has 3 aromatic carbocycles. The molecule has 0 saturated carbocycles. The molecule has 0 aliphatic carbocycles. The highest BCUT2D eigenvalue weighted by atomic mass is 16.5. The van der Waals surface area contributed by atoms with Crippen LogP contribution >= 0.6 is 0 Å². The van der Waals surface area contributed by atoms with Gasteiger partial charge in [0.05, 0.1) is 5.60 Å². The van der Waals surface area contributed by atoms with E-state index in [1.165, 1.54) is 11.1 Å². The standard InChI is InChI=1S/C26H27NO2/c1-19-8-12-21(13-9-19)16-26(28,17-22-14-10-20(2)11-15-22)24-18-29-25(27-24)23-6-4-3-5-7-23/h3-15,24,28H,16-18H2,1-2H3/t24-/m1/s1. The lowest BCUT2D eigenvalue weighted by atomic mass is 9.82. The van der Waals surface area contributed by atoms with Crippen LogP contribution in [0.1, 0.15) is 27.8 Å². The van der Waals surface area contributed by atoms with Crippen LogP contribution in [-0.2, 0) is 17.6 Å². The molecule has 148 valence electrons. The monoisotopic (exact) mass is 385 g/mol. The van der Waals surface area contributed by atoms with Gasteiger partial charge in [-0.15, -0.1) is 0 Å². The molecule has 4 rings (SSSR count). The summed E-state index contributed by atoms with van der Waals surface area (Å²) < 4.78 is 5.90. The highest BCUT2D eigenvalue weighted by Crippen LogP contribution is 2.29. The topological polar surface area (TPSA) is 41.8 Å². The molecular weight excluding hydrogens is 358 g/mol. The molecule has 0 unspecified atom stereocenters. The fraction of sp³-hybridized carbons (Fsp3) is 0.269. The van der Waals surface area contributed by atoms with E-state index in [2.05, 4.69) is 62.4 Å². The van der Waals surface area contributed by atoms with Gasteiger partial charge in [-0.2, -0.15) is 0 Å². The minimum Gasteiger partial charge on any atom is -0.475 e. The number of rotatable bonds is 6. The number of aryl methyl sites for hydroxylation is 2. The van der Waals surface area contributed by atoms with Crippen LogP contribution in [0.25, 0.3) is 0 Å². The van der Waals surface area contributed by atoms with Crippen molar-refractivity contribution in [3.8, 4) is 0 Å². The van der Waals surface area contributed by atoms with Gasteiger partial charge in [0.2, 0.25) is 5.90 Å². The van der Waals surface area contributed by atoms with Gasteiger partial charge in [0, 0.05) is 18.4 Å². The van der Waals surface area contributed by atoms with Crippen LogP contribution in [0, 0.1) is 13.8 Å². The average molecular weight is 386 g/mol. The molecule has 3 nitrogen and oxygen atoms in total. The Bertz CT molecular complexity index is 928. The van der Waals surface area contributed by atoms with E-state index < -0.39 is 5.60 Å². The van der Waals surface area contributed by atoms with Crippen LogP contribution in [-0.4, -0.2) is 29.3 Å². The Hall–Kier alpha value is -2.91. The Morgan fingerprint density at radius 1 is 0.828 bits per heavy atom. The van der Waals surface area contributed by atoms with E-state index in [0.29, 0.717) is 25.3 Å². The maximum atomic E-state index is 11.8. The predicted molar refractivity (Wildman–Crippen MR) is 117 cm³/mol. The highest BCUT2D eigenvalue weighted by molar-refractivity contribution is 5.95. The van der Waals surface area contributed by atoms with Crippen molar-refractivity contribution in [2.24, 2.45) is 4.99 Å². The van der Waals surface area contributed by atoms with E-state index >= 15 is 0 Å². The van der Waals surface area contributed by atoms with Crippen molar-refractivity contribution in [1.82, 2.24) is 0 Å². The Morgan fingerprint density at radius 2 is 1.34 bits per heavy atom. The summed E-state index contributed by atoms with van der Waals surface area (Å²) in [4.78, 5) is 4.80. The molecule has 0 amide bonds. The number of nitrogens with zero attached hydrogens (tertiary/aromatic N) is 1. The van der Waals surface area contributed by atoms with Crippen LogP contribution in [0.2, 0.25) is 0 Å². The number of aliphatic hydroxyl groups is 1. The van der Waals surface area contributed by atoms with Gasteiger partial charge in [-0.25, -0.2) is 4.99 Å². The molecule has 29 heavy (non-hydrogen) atoms. The number of aliphatic imine (C=N–C) groups is 1. The molecule has 3 aromatic rings. The largest absolute Gasteiger partial charge is 0.475 e. The molecular formula is C26H27NO2. The summed E-state index contributed by atoms with van der Waals surface area (Å²) in [6, 6.07) is 26.3. The van der Waals surface area contributed by atoms with Crippen molar-refractivity contribution in [1.29, 1.82) is 0 Å². The summed E-state index contributed by atoms with van der Waals surface area (Å²) in [6.45, 7) is 4.53.